The average molecular weight is 216 g/mol. The standard InChI is InChI=1S/C14H20N2/c1-3-14(13-7-5-4-6-8-13)16-11-9-15(2)10-12-16/h3-8,14H,1,9-12H2,2H3/t14-/m0/s1. The molecule has 0 bridgehead atoms. The van der Waals surface area contributed by atoms with Crippen molar-refractivity contribution in [3.63, 3.8) is 0 Å². The van der Waals surface area contributed by atoms with Crippen LogP contribution in [-0.4, -0.2) is 43.0 Å². The molecule has 1 atom stereocenters. The van der Waals surface area contributed by atoms with Crippen LogP contribution in [0.4, 0.5) is 0 Å². The molecule has 1 fully saturated rings. The topological polar surface area (TPSA) is 6.48 Å². The molecule has 1 aliphatic rings. The number of rotatable bonds is 3. The first kappa shape index (κ1) is 11.4. The Morgan fingerprint density at radius 3 is 2.31 bits per heavy atom. The van der Waals surface area contributed by atoms with Crippen LogP contribution in [0.15, 0.2) is 43.0 Å². The minimum Gasteiger partial charge on any atom is -0.304 e. The summed E-state index contributed by atoms with van der Waals surface area (Å²) in [6.07, 6.45) is 2.06. The van der Waals surface area contributed by atoms with Crippen LogP contribution in [0.3, 0.4) is 0 Å². The van der Waals surface area contributed by atoms with E-state index in [-0.39, 0.29) is 0 Å². The van der Waals surface area contributed by atoms with Crippen molar-refractivity contribution in [3.05, 3.63) is 48.6 Å². The third-order valence-electron chi connectivity index (χ3n) is 3.30. The molecule has 2 nitrogen and oxygen atoms in total. The Morgan fingerprint density at radius 2 is 1.75 bits per heavy atom. The Morgan fingerprint density at radius 1 is 1.12 bits per heavy atom. The van der Waals surface area contributed by atoms with E-state index in [1.807, 2.05) is 0 Å². The molecule has 2 rings (SSSR count). The first-order valence-corrected chi connectivity index (χ1v) is 5.91. The summed E-state index contributed by atoms with van der Waals surface area (Å²) in [5.41, 5.74) is 1.35. The Balaban J connectivity index is 2.08. The molecule has 0 unspecified atom stereocenters. The van der Waals surface area contributed by atoms with Crippen LogP contribution in [0, 0.1) is 0 Å². The Hall–Kier alpha value is -1.12. The van der Waals surface area contributed by atoms with Crippen LogP contribution in [0.2, 0.25) is 0 Å². The van der Waals surface area contributed by atoms with Crippen LogP contribution in [-0.2, 0) is 0 Å². The second-order valence-electron chi connectivity index (χ2n) is 4.43. The van der Waals surface area contributed by atoms with E-state index in [1.54, 1.807) is 0 Å². The predicted molar refractivity (Wildman–Crippen MR) is 68.5 cm³/mol. The molecule has 1 saturated heterocycles. The van der Waals surface area contributed by atoms with Crippen molar-refractivity contribution in [1.29, 1.82) is 0 Å². The molecule has 1 aliphatic heterocycles. The lowest BCUT2D eigenvalue weighted by atomic mass is 10.0. The first-order chi connectivity index (χ1) is 7.81. The molecule has 1 aromatic rings. The number of piperazine rings is 1. The summed E-state index contributed by atoms with van der Waals surface area (Å²) in [5, 5.41) is 0. The van der Waals surface area contributed by atoms with Crippen LogP contribution in [0.5, 0.6) is 0 Å². The monoisotopic (exact) mass is 216 g/mol. The van der Waals surface area contributed by atoms with Crippen LogP contribution in [0.1, 0.15) is 11.6 Å². The summed E-state index contributed by atoms with van der Waals surface area (Å²) >= 11 is 0. The second-order valence-corrected chi connectivity index (χ2v) is 4.43. The van der Waals surface area contributed by atoms with E-state index >= 15 is 0 Å². The van der Waals surface area contributed by atoms with Crippen molar-refractivity contribution in [2.75, 3.05) is 33.2 Å². The van der Waals surface area contributed by atoms with E-state index in [2.05, 4.69) is 59.8 Å². The highest BCUT2D eigenvalue weighted by Gasteiger charge is 2.20. The molecular formula is C14H20N2. The summed E-state index contributed by atoms with van der Waals surface area (Å²) < 4.78 is 0. The summed E-state index contributed by atoms with van der Waals surface area (Å²) in [6.45, 7) is 8.53. The number of nitrogens with zero attached hydrogens (tertiary/aromatic N) is 2. The molecule has 0 aliphatic carbocycles. The van der Waals surface area contributed by atoms with Gasteiger partial charge in [-0.3, -0.25) is 4.90 Å². The zero-order valence-corrected chi connectivity index (χ0v) is 9.97. The molecule has 0 radical (unpaired) electrons. The minimum absolute atomic E-state index is 0.370. The van der Waals surface area contributed by atoms with Gasteiger partial charge in [0.15, 0.2) is 0 Å². The van der Waals surface area contributed by atoms with E-state index < -0.39 is 0 Å². The molecule has 0 spiro atoms. The molecule has 0 amide bonds. The fraction of sp³-hybridized carbons (Fsp3) is 0.429. The van der Waals surface area contributed by atoms with Crippen molar-refractivity contribution in [2.24, 2.45) is 0 Å². The Labute approximate surface area is 98.2 Å². The van der Waals surface area contributed by atoms with E-state index in [0.717, 1.165) is 26.2 Å². The van der Waals surface area contributed by atoms with Gasteiger partial charge in [0, 0.05) is 26.2 Å². The predicted octanol–water partition coefficient (Wildman–Crippen LogP) is 2.16. The lowest BCUT2D eigenvalue weighted by Crippen LogP contribution is -2.45. The van der Waals surface area contributed by atoms with Crippen molar-refractivity contribution in [2.45, 2.75) is 6.04 Å². The smallest absolute Gasteiger partial charge is 0.0529 e. The van der Waals surface area contributed by atoms with E-state index in [9.17, 15) is 0 Å². The quantitative estimate of drug-likeness (QED) is 0.714. The van der Waals surface area contributed by atoms with Gasteiger partial charge in [0.25, 0.3) is 0 Å². The van der Waals surface area contributed by atoms with Gasteiger partial charge >= 0.3 is 0 Å². The maximum Gasteiger partial charge on any atom is 0.0529 e. The van der Waals surface area contributed by atoms with Crippen molar-refractivity contribution in [3.8, 4) is 0 Å². The summed E-state index contributed by atoms with van der Waals surface area (Å²) in [7, 11) is 2.18. The fourth-order valence-electron chi connectivity index (χ4n) is 2.25. The molecule has 86 valence electrons. The van der Waals surface area contributed by atoms with Gasteiger partial charge in [-0.15, -0.1) is 6.58 Å². The van der Waals surface area contributed by atoms with Gasteiger partial charge in [0.2, 0.25) is 0 Å². The molecule has 2 heteroatoms. The summed E-state index contributed by atoms with van der Waals surface area (Å²) in [4.78, 5) is 4.88. The van der Waals surface area contributed by atoms with Crippen molar-refractivity contribution >= 4 is 0 Å². The van der Waals surface area contributed by atoms with Crippen molar-refractivity contribution < 1.29 is 0 Å². The van der Waals surface area contributed by atoms with Gasteiger partial charge in [-0.25, -0.2) is 0 Å². The number of benzene rings is 1. The van der Waals surface area contributed by atoms with Crippen molar-refractivity contribution in [1.82, 2.24) is 9.80 Å². The molecule has 0 saturated carbocycles. The Bertz CT molecular complexity index is 326. The number of hydrogen-bond donors (Lipinski definition) is 0. The van der Waals surface area contributed by atoms with E-state index in [1.165, 1.54) is 5.56 Å². The third-order valence-corrected chi connectivity index (χ3v) is 3.30. The number of hydrogen-bond acceptors (Lipinski definition) is 2. The zero-order chi connectivity index (χ0) is 11.4. The largest absolute Gasteiger partial charge is 0.304 e. The van der Waals surface area contributed by atoms with Gasteiger partial charge in [-0.2, -0.15) is 0 Å². The minimum atomic E-state index is 0.370. The van der Waals surface area contributed by atoms with Crippen LogP contribution in [0.25, 0.3) is 0 Å². The van der Waals surface area contributed by atoms with Gasteiger partial charge in [-0.05, 0) is 12.6 Å². The SMILES string of the molecule is C=C[C@@H](c1ccccc1)N1CCN(C)CC1. The lowest BCUT2D eigenvalue weighted by molar-refractivity contribution is 0.130. The average Bonchev–Trinajstić information content (AvgIpc) is 2.34. The lowest BCUT2D eigenvalue weighted by Gasteiger charge is -2.36. The highest BCUT2D eigenvalue weighted by molar-refractivity contribution is 5.22. The van der Waals surface area contributed by atoms with Crippen LogP contribution < -0.4 is 0 Å². The summed E-state index contributed by atoms with van der Waals surface area (Å²) in [5.74, 6) is 0. The highest BCUT2D eigenvalue weighted by atomic mass is 15.3. The Kier molecular flexibility index (Phi) is 3.75. The fourth-order valence-corrected chi connectivity index (χ4v) is 2.25. The molecular weight excluding hydrogens is 196 g/mol. The van der Waals surface area contributed by atoms with Gasteiger partial charge in [-0.1, -0.05) is 36.4 Å². The molecule has 0 N–H and O–H groups in total. The molecule has 0 aromatic heterocycles. The summed E-state index contributed by atoms with van der Waals surface area (Å²) in [6, 6.07) is 11.0. The highest BCUT2D eigenvalue weighted by Crippen LogP contribution is 2.22. The maximum absolute atomic E-state index is 3.98. The number of likely N-dealkylation sites (N-methyl/N-ethyl adjacent to an activating group) is 1. The normalized spacial score (nSPS) is 20.6. The van der Waals surface area contributed by atoms with E-state index in [0.29, 0.717) is 6.04 Å². The molecule has 16 heavy (non-hydrogen) atoms. The van der Waals surface area contributed by atoms with Gasteiger partial charge in [0.1, 0.15) is 0 Å². The van der Waals surface area contributed by atoms with E-state index in [4.69, 9.17) is 0 Å². The molecule has 1 aromatic carbocycles. The third kappa shape index (κ3) is 2.52. The second kappa shape index (κ2) is 5.28. The van der Waals surface area contributed by atoms with Gasteiger partial charge < -0.3 is 4.90 Å². The maximum atomic E-state index is 3.98. The first-order valence-electron chi connectivity index (χ1n) is 5.91. The molecule has 1 heterocycles. The van der Waals surface area contributed by atoms with Gasteiger partial charge in [0.05, 0.1) is 6.04 Å². The van der Waals surface area contributed by atoms with Crippen LogP contribution >= 0.6 is 0 Å². The zero-order valence-electron chi connectivity index (χ0n) is 9.97.